The van der Waals surface area contributed by atoms with Crippen LogP contribution in [-0.2, 0) is 14.9 Å². The number of hydrogen-bond acceptors (Lipinski definition) is 4. The number of ketones is 1. The van der Waals surface area contributed by atoms with E-state index in [4.69, 9.17) is 4.74 Å². The molecule has 5 nitrogen and oxygen atoms in total. The normalized spacial score (nSPS) is 11.9. The Balaban J connectivity index is 0.00000124. The number of carbonyl (C=O) groups is 2. The van der Waals surface area contributed by atoms with E-state index in [1.54, 1.807) is 7.05 Å². The third-order valence-corrected chi connectivity index (χ3v) is 7.48. The number of likely N-dealkylation sites (N-methyl/N-ethyl adjacent to an activating group) is 1. The molecule has 1 amide bonds. The maximum atomic E-state index is 12.5. The lowest BCUT2D eigenvalue weighted by Gasteiger charge is -2.34. The average Bonchev–Trinajstić information content (AvgIpc) is 2.91. The number of amides is 1. The van der Waals surface area contributed by atoms with Gasteiger partial charge >= 0.3 is 0 Å². The van der Waals surface area contributed by atoms with Gasteiger partial charge in [-0.05, 0) is 73.3 Å². The summed E-state index contributed by atoms with van der Waals surface area (Å²) >= 11 is 0. The Morgan fingerprint density at radius 1 is 0.846 bits per heavy atom. The van der Waals surface area contributed by atoms with Crippen molar-refractivity contribution in [2.45, 2.75) is 107 Å². The molecule has 0 aliphatic heterocycles. The summed E-state index contributed by atoms with van der Waals surface area (Å²) in [6, 6.07) is 12.8. The Labute approximate surface area is 238 Å². The molecule has 39 heavy (non-hydrogen) atoms. The van der Waals surface area contributed by atoms with E-state index in [1.807, 2.05) is 54.5 Å². The number of rotatable bonds is 10. The van der Waals surface area contributed by atoms with Crippen LogP contribution in [0.3, 0.4) is 0 Å². The van der Waals surface area contributed by atoms with Gasteiger partial charge in [0.1, 0.15) is 13.2 Å². The average molecular weight is 542 g/mol. The van der Waals surface area contributed by atoms with E-state index in [0.717, 1.165) is 24.8 Å². The first-order chi connectivity index (χ1) is 18.3. The number of benzene rings is 2. The lowest BCUT2D eigenvalue weighted by molar-refractivity contribution is -0.124. The summed E-state index contributed by atoms with van der Waals surface area (Å²) < 4.78 is 5.23. The molecular formula is C34H55NO4. The van der Waals surface area contributed by atoms with E-state index in [-0.39, 0.29) is 41.8 Å². The number of ether oxygens (including phenoxy) is 1. The van der Waals surface area contributed by atoms with Crippen LogP contribution in [0.4, 0.5) is 0 Å². The molecule has 0 aliphatic carbocycles. The fourth-order valence-corrected chi connectivity index (χ4v) is 4.55. The van der Waals surface area contributed by atoms with E-state index < -0.39 is 0 Å². The number of hydrogen-bond donors (Lipinski definition) is 2. The molecule has 0 aromatic heterocycles. The van der Waals surface area contributed by atoms with Crippen LogP contribution in [0.15, 0.2) is 36.4 Å². The van der Waals surface area contributed by atoms with Crippen LogP contribution in [0, 0.1) is 26.2 Å². The van der Waals surface area contributed by atoms with Crippen molar-refractivity contribution < 1.29 is 19.4 Å². The Bertz CT molecular complexity index is 1030. The molecule has 0 saturated carbocycles. The van der Waals surface area contributed by atoms with Crippen LogP contribution < -0.4 is 5.32 Å². The molecule has 2 aromatic rings. The topological polar surface area (TPSA) is 75.6 Å². The molecule has 0 bridgehead atoms. The first-order valence-corrected chi connectivity index (χ1v) is 14.5. The van der Waals surface area contributed by atoms with Crippen molar-refractivity contribution in [1.29, 1.82) is 0 Å². The number of carbonyl (C=O) groups excluding carboxylic acids is 2. The lowest BCUT2D eigenvalue weighted by Crippen LogP contribution is -2.27. The molecule has 0 heterocycles. The van der Waals surface area contributed by atoms with E-state index in [9.17, 15) is 14.7 Å². The number of nitrogens with one attached hydrogen (secondary N) is 1. The monoisotopic (exact) mass is 541 g/mol. The molecule has 0 saturated heterocycles. The number of aryl methyl sites for hydroxylation is 3. The molecule has 1 unspecified atom stereocenters. The quantitative estimate of drug-likeness (QED) is 0.306. The van der Waals surface area contributed by atoms with Crippen molar-refractivity contribution >= 4 is 11.7 Å². The summed E-state index contributed by atoms with van der Waals surface area (Å²) in [5.41, 5.74) is 6.70. The van der Waals surface area contributed by atoms with E-state index >= 15 is 0 Å². The van der Waals surface area contributed by atoms with Crippen LogP contribution >= 0.6 is 0 Å². The highest BCUT2D eigenvalue weighted by Gasteiger charge is 2.31. The van der Waals surface area contributed by atoms with Gasteiger partial charge in [0.2, 0.25) is 5.91 Å². The van der Waals surface area contributed by atoms with Gasteiger partial charge in [-0.15, -0.1) is 0 Å². The fraction of sp³-hybridized carbons (Fsp3) is 0.588. The fourth-order valence-electron chi connectivity index (χ4n) is 4.55. The number of aliphatic hydroxyl groups is 1. The minimum absolute atomic E-state index is 0.0642. The summed E-state index contributed by atoms with van der Waals surface area (Å²) in [5.74, 6) is -0.350. The SMILES string of the molecule is CC.CCC(CC)(c1ccc(C)c(C)c1)c1ccc(C(=O)COCC(=O)NC)c(C)c1.CCC(O)C(C)(C)C. The van der Waals surface area contributed by atoms with Crippen molar-refractivity contribution in [2.24, 2.45) is 5.41 Å². The second kappa shape index (κ2) is 17.2. The van der Waals surface area contributed by atoms with Crippen LogP contribution in [0.25, 0.3) is 0 Å². The van der Waals surface area contributed by atoms with Crippen molar-refractivity contribution in [3.05, 3.63) is 69.8 Å². The minimum Gasteiger partial charge on any atom is -0.393 e. The van der Waals surface area contributed by atoms with Gasteiger partial charge in [0.15, 0.2) is 5.78 Å². The van der Waals surface area contributed by atoms with Crippen molar-refractivity contribution in [3.8, 4) is 0 Å². The van der Waals surface area contributed by atoms with Crippen molar-refractivity contribution in [3.63, 3.8) is 0 Å². The predicted molar refractivity (Wildman–Crippen MR) is 165 cm³/mol. The Morgan fingerprint density at radius 2 is 1.36 bits per heavy atom. The van der Waals surface area contributed by atoms with Gasteiger partial charge in [-0.1, -0.05) is 91.8 Å². The third-order valence-electron chi connectivity index (χ3n) is 7.48. The summed E-state index contributed by atoms with van der Waals surface area (Å²) in [6.07, 6.45) is 2.66. The molecule has 2 aromatic carbocycles. The molecule has 2 N–H and O–H groups in total. The summed E-state index contributed by atoms with van der Waals surface area (Å²) in [4.78, 5) is 23.8. The van der Waals surface area contributed by atoms with Gasteiger partial charge in [-0.3, -0.25) is 9.59 Å². The summed E-state index contributed by atoms with van der Waals surface area (Å²) in [6.45, 7) is 22.6. The third kappa shape index (κ3) is 10.5. The van der Waals surface area contributed by atoms with Crippen LogP contribution in [0.1, 0.15) is 113 Å². The van der Waals surface area contributed by atoms with E-state index in [2.05, 4.69) is 63.3 Å². The second-order valence-corrected chi connectivity index (χ2v) is 11.0. The van der Waals surface area contributed by atoms with Crippen molar-refractivity contribution in [1.82, 2.24) is 5.32 Å². The zero-order valence-corrected chi connectivity index (χ0v) is 26.7. The van der Waals surface area contributed by atoms with Crippen LogP contribution in [0.5, 0.6) is 0 Å². The molecule has 220 valence electrons. The molecule has 5 heteroatoms. The number of Topliss-reactive ketones (excluding diaryl/α,β-unsaturated/α-hetero) is 1. The molecule has 0 fully saturated rings. The van der Waals surface area contributed by atoms with Crippen LogP contribution in [0.2, 0.25) is 0 Å². The smallest absolute Gasteiger partial charge is 0.245 e. The first kappa shape index (κ1) is 36.5. The second-order valence-electron chi connectivity index (χ2n) is 11.0. The standard InChI is InChI=1S/C25H33NO3.C7H16O.C2H6/c1-7-25(8-2,20-10-9-17(3)18(4)13-20)21-11-12-22(19(5)14-21)23(27)15-29-16-24(28)26-6;1-5-6(8)7(2,3)4;1-2/h9-14H,7-8,15-16H2,1-6H3,(H,26,28);6,8H,5H2,1-4H3;1-2H3. The highest BCUT2D eigenvalue weighted by atomic mass is 16.5. The van der Waals surface area contributed by atoms with Gasteiger partial charge in [0.05, 0.1) is 6.10 Å². The maximum Gasteiger partial charge on any atom is 0.245 e. The lowest BCUT2D eigenvalue weighted by atomic mass is 9.69. The summed E-state index contributed by atoms with van der Waals surface area (Å²) in [7, 11) is 1.54. The van der Waals surface area contributed by atoms with E-state index in [1.165, 1.54) is 22.3 Å². The zero-order chi connectivity index (χ0) is 30.4. The highest BCUT2D eigenvalue weighted by molar-refractivity contribution is 5.98. The molecule has 2 rings (SSSR count). The highest BCUT2D eigenvalue weighted by Crippen LogP contribution is 2.40. The van der Waals surface area contributed by atoms with Gasteiger partial charge in [-0.25, -0.2) is 0 Å². The Morgan fingerprint density at radius 3 is 1.74 bits per heavy atom. The largest absolute Gasteiger partial charge is 0.393 e. The van der Waals surface area contributed by atoms with Gasteiger partial charge in [-0.2, -0.15) is 0 Å². The molecule has 0 radical (unpaired) electrons. The van der Waals surface area contributed by atoms with Gasteiger partial charge < -0.3 is 15.2 Å². The molecule has 0 spiro atoms. The first-order valence-electron chi connectivity index (χ1n) is 14.5. The maximum absolute atomic E-state index is 12.5. The van der Waals surface area contributed by atoms with Gasteiger partial charge in [0.25, 0.3) is 0 Å². The minimum atomic E-state index is -0.242. The van der Waals surface area contributed by atoms with Crippen LogP contribution in [-0.4, -0.2) is 43.2 Å². The summed E-state index contributed by atoms with van der Waals surface area (Å²) in [5, 5.41) is 11.7. The van der Waals surface area contributed by atoms with Crippen molar-refractivity contribution in [2.75, 3.05) is 20.3 Å². The molecule has 1 atom stereocenters. The predicted octanol–water partition coefficient (Wildman–Crippen LogP) is 7.49. The van der Waals surface area contributed by atoms with E-state index in [0.29, 0.717) is 5.56 Å². The zero-order valence-electron chi connectivity index (χ0n) is 26.7. The molecule has 0 aliphatic rings. The van der Waals surface area contributed by atoms with Gasteiger partial charge in [0, 0.05) is 18.0 Å². The molecular weight excluding hydrogens is 486 g/mol. The Hall–Kier alpha value is -2.50. The Kier molecular flexibility index (Phi) is 16.1. The number of aliphatic hydroxyl groups excluding tert-OH is 1.